The second-order valence-corrected chi connectivity index (χ2v) is 4.36. The number of aryl methyl sites for hydroxylation is 1. The van der Waals surface area contributed by atoms with Gasteiger partial charge in [0.15, 0.2) is 0 Å². The Balaban J connectivity index is 2.48. The fourth-order valence-electron chi connectivity index (χ4n) is 1.40. The molecule has 0 radical (unpaired) electrons. The maximum absolute atomic E-state index is 7.46. The molecule has 0 saturated heterocycles. The van der Waals surface area contributed by atoms with Gasteiger partial charge in [-0.15, -0.1) is 11.3 Å². The van der Waals surface area contributed by atoms with Crippen LogP contribution in [0.5, 0.6) is 0 Å². The van der Waals surface area contributed by atoms with Gasteiger partial charge in [0.05, 0.1) is 5.69 Å². The Morgan fingerprint density at radius 2 is 2.31 bits per heavy atom. The van der Waals surface area contributed by atoms with E-state index in [1.807, 2.05) is 25.1 Å². The van der Waals surface area contributed by atoms with Gasteiger partial charge in [-0.3, -0.25) is 10.4 Å². The van der Waals surface area contributed by atoms with Crippen LogP contribution >= 0.6 is 11.3 Å². The van der Waals surface area contributed by atoms with Crippen LogP contribution in [0.2, 0.25) is 0 Å². The third kappa shape index (κ3) is 1.94. The lowest BCUT2D eigenvalue weighted by molar-refractivity contribution is 1.14. The number of rotatable bonds is 3. The van der Waals surface area contributed by atoms with E-state index in [1.165, 1.54) is 0 Å². The fraction of sp³-hybridized carbons (Fsp3) is 0.182. The number of pyridine rings is 1. The highest BCUT2D eigenvalue weighted by Gasteiger charge is 2.13. The third-order valence-corrected chi connectivity index (χ3v) is 3.38. The normalized spacial score (nSPS) is 10.3. The first kappa shape index (κ1) is 10.8. The van der Waals surface area contributed by atoms with Crippen molar-refractivity contribution in [2.24, 2.45) is 5.73 Å². The van der Waals surface area contributed by atoms with Gasteiger partial charge in [0, 0.05) is 11.1 Å². The molecular formula is C11H12N4S. The smallest absolute Gasteiger partial charge is 0.142 e. The molecule has 0 aliphatic rings. The molecule has 2 heterocycles. The summed E-state index contributed by atoms with van der Waals surface area (Å²) in [5, 5.41) is 8.28. The van der Waals surface area contributed by atoms with Gasteiger partial charge in [0.1, 0.15) is 16.5 Å². The molecule has 0 atom stereocenters. The van der Waals surface area contributed by atoms with Gasteiger partial charge in [-0.1, -0.05) is 13.0 Å². The molecule has 0 fully saturated rings. The fourth-order valence-corrected chi connectivity index (χ4v) is 2.39. The molecular weight excluding hydrogens is 220 g/mol. The molecule has 5 heteroatoms. The monoisotopic (exact) mass is 232 g/mol. The van der Waals surface area contributed by atoms with Crippen LogP contribution in [0.4, 0.5) is 0 Å². The molecule has 0 aliphatic heterocycles. The number of hydrogen-bond donors (Lipinski definition) is 2. The molecule has 0 aliphatic carbocycles. The van der Waals surface area contributed by atoms with E-state index in [9.17, 15) is 0 Å². The van der Waals surface area contributed by atoms with Crippen molar-refractivity contribution >= 4 is 17.2 Å². The van der Waals surface area contributed by atoms with Crippen molar-refractivity contribution in [3.63, 3.8) is 0 Å². The molecule has 0 amide bonds. The average molecular weight is 232 g/mol. The molecule has 82 valence electrons. The summed E-state index contributed by atoms with van der Waals surface area (Å²) in [4.78, 5) is 9.63. The first-order valence-corrected chi connectivity index (χ1v) is 5.79. The van der Waals surface area contributed by atoms with Gasteiger partial charge >= 0.3 is 0 Å². The minimum atomic E-state index is 0.0234. The van der Waals surface area contributed by atoms with E-state index in [4.69, 9.17) is 11.1 Å². The molecule has 0 bridgehead atoms. The molecule has 4 nitrogen and oxygen atoms in total. The topological polar surface area (TPSA) is 75.7 Å². The summed E-state index contributed by atoms with van der Waals surface area (Å²) in [6.07, 6.45) is 2.56. The number of aromatic nitrogens is 2. The standard InChI is InChI=1S/C11H12N4S/c1-2-8-9(10(12)13)15-11(16-8)7-5-3-4-6-14-7/h3-6H,2H2,1H3,(H3,12,13). The van der Waals surface area contributed by atoms with Gasteiger partial charge in [-0.25, -0.2) is 4.98 Å². The SMILES string of the molecule is CCc1sc(-c2ccccn2)nc1C(=N)N. The van der Waals surface area contributed by atoms with E-state index in [-0.39, 0.29) is 5.84 Å². The zero-order valence-electron chi connectivity index (χ0n) is 8.90. The quantitative estimate of drug-likeness (QED) is 0.628. The first-order chi connectivity index (χ1) is 7.72. The third-order valence-electron chi connectivity index (χ3n) is 2.16. The number of amidine groups is 1. The van der Waals surface area contributed by atoms with Crippen LogP contribution < -0.4 is 5.73 Å². The lowest BCUT2D eigenvalue weighted by Crippen LogP contribution is -2.13. The maximum Gasteiger partial charge on any atom is 0.142 e. The number of nitrogen functional groups attached to an aromatic ring is 1. The Bertz CT molecular complexity index is 504. The van der Waals surface area contributed by atoms with Crippen LogP contribution in [-0.2, 0) is 6.42 Å². The summed E-state index contributed by atoms with van der Waals surface area (Å²) >= 11 is 1.55. The van der Waals surface area contributed by atoms with Crippen molar-refractivity contribution in [1.82, 2.24) is 9.97 Å². The van der Waals surface area contributed by atoms with Crippen molar-refractivity contribution in [3.8, 4) is 10.7 Å². The summed E-state index contributed by atoms with van der Waals surface area (Å²) in [7, 11) is 0. The molecule has 3 N–H and O–H groups in total. The number of nitrogens with two attached hydrogens (primary N) is 1. The largest absolute Gasteiger partial charge is 0.382 e. The van der Waals surface area contributed by atoms with Gasteiger partial charge < -0.3 is 5.73 Å². The lowest BCUT2D eigenvalue weighted by Gasteiger charge is -1.93. The van der Waals surface area contributed by atoms with E-state index in [1.54, 1.807) is 17.5 Å². The minimum Gasteiger partial charge on any atom is -0.382 e. The zero-order valence-corrected chi connectivity index (χ0v) is 9.71. The Kier molecular flexibility index (Phi) is 2.96. The zero-order chi connectivity index (χ0) is 11.5. The van der Waals surface area contributed by atoms with Crippen LogP contribution in [0.1, 0.15) is 17.5 Å². The summed E-state index contributed by atoms with van der Waals surface area (Å²) in [6, 6.07) is 5.69. The highest BCUT2D eigenvalue weighted by molar-refractivity contribution is 7.15. The van der Waals surface area contributed by atoms with Crippen molar-refractivity contribution < 1.29 is 0 Å². The van der Waals surface area contributed by atoms with Crippen LogP contribution in [0.25, 0.3) is 10.7 Å². The number of thiazole rings is 1. The molecule has 16 heavy (non-hydrogen) atoms. The van der Waals surface area contributed by atoms with E-state index in [2.05, 4.69) is 9.97 Å². The predicted molar refractivity (Wildman–Crippen MR) is 65.7 cm³/mol. The Labute approximate surface area is 97.7 Å². The number of nitrogens with zero attached hydrogens (tertiary/aromatic N) is 2. The van der Waals surface area contributed by atoms with E-state index in [0.29, 0.717) is 5.69 Å². The van der Waals surface area contributed by atoms with Crippen LogP contribution in [0.15, 0.2) is 24.4 Å². The van der Waals surface area contributed by atoms with Gasteiger partial charge in [-0.2, -0.15) is 0 Å². The summed E-state index contributed by atoms with van der Waals surface area (Å²) in [5.41, 5.74) is 6.91. The van der Waals surface area contributed by atoms with E-state index >= 15 is 0 Å². The molecule has 2 aromatic rings. The Hall–Kier alpha value is -1.75. The molecule has 2 aromatic heterocycles. The maximum atomic E-state index is 7.46. The van der Waals surface area contributed by atoms with E-state index in [0.717, 1.165) is 22.0 Å². The molecule has 2 rings (SSSR count). The summed E-state index contributed by atoms with van der Waals surface area (Å²) < 4.78 is 0. The summed E-state index contributed by atoms with van der Waals surface area (Å²) in [5.74, 6) is 0.0234. The number of nitrogens with one attached hydrogen (secondary N) is 1. The predicted octanol–water partition coefficient (Wildman–Crippen LogP) is 2.05. The Morgan fingerprint density at radius 1 is 1.50 bits per heavy atom. The van der Waals surface area contributed by atoms with Crippen LogP contribution in [0.3, 0.4) is 0 Å². The second-order valence-electron chi connectivity index (χ2n) is 3.27. The molecule has 0 unspecified atom stereocenters. The average Bonchev–Trinajstić information content (AvgIpc) is 2.74. The van der Waals surface area contributed by atoms with Crippen LogP contribution in [0, 0.1) is 5.41 Å². The molecule has 0 spiro atoms. The molecule has 0 aromatic carbocycles. The van der Waals surface area contributed by atoms with Crippen molar-refractivity contribution in [3.05, 3.63) is 35.0 Å². The number of hydrogen-bond acceptors (Lipinski definition) is 4. The van der Waals surface area contributed by atoms with Crippen molar-refractivity contribution in [2.75, 3.05) is 0 Å². The lowest BCUT2D eigenvalue weighted by atomic mass is 10.3. The van der Waals surface area contributed by atoms with Gasteiger partial charge in [-0.05, 0) is 18.6 Å². The van der Waals surface area contributed by atoms with E-state index < -0.39 is 0 Å². The van der Waals surface area contributed by atoms with Crippen LogP contribution in [-0.4, -0.2) is 15.8 Å². The minimum absolute atomic E-state index is 0.0234. The first-order valence-electron chi connectivity index (χ1n) is 4.98. The van der Waals surface area contributed by atoms with Crippen molar-refractivity contribution in [1.29, 1.82) is 5.41 Å². The second kappa shape index (κ2) is 4.40. The summed E-state index contributed by atoms with van der Waals surface area (Å²) in [6.45, 7) is 2.03. The van der Waals surface area contributed by atoms with Gasteiger partial charge in [0.2, 0.25) is 0 Å². The van der Waals surface area contributed by atoms with Crippen molar-refractivity contribution in [2.45, 2.75) is 13.3 Å². The highest BCUT2D eigenvalue weighted by Crippen LogP contribution is 2.26. The highest BCUT2D eigenvalue weighted by atomic mass is 32.1. The Morgan fingerprint density at radius 3 is 2.81 bits per heavy atom. The van der Waals surface area contributed by atoms with Gasteiger partial charge in [0.25, 0.3) is 0 Å². The molecule has 0 saturated carbocycles.